The Morgan fingerprint density at radius 2 is 2.18 bits per heavy atom. The second kappa shape index (κ2) is 6.99. The van der Waals surface area contributed by atoms with Gasteiger partial charge in [0.15, 0.2) is 0 Å². The van der Waals surface area contributed by atoms with Crippen molar-refractivity contribution in [2.24, 2.45) is 0 Å². The van der Waals surface area contributed by atoms with E-state index in [0.29, 0.717) is 0 Å². The van der Waals surface area contributed by atoms with Crippen LogP contribution in [0.1, 0.15) is 31.9 Å². The normalized spacial score (nSPS) is 14.4. The number of nitrogens with one attached hydrogen (secondary N) is 1. The van der Waals surface area contributed by atoms with Gasteiger partial charge in [0, 0.05) is 12.1 Å². The van der Waals surface area contributed by atoms with Gasteiger partial charge in [-0.15, -0.1) is 0 Å². The van der Waals surface area contributed by atoms with Crippen molar-refractivity contribution in [3.63, 3.8) is 0 Å². The molecule has 0 fully saturated rings. The largest absolute Gasteiger partial charge is 0.496 e. The molecule has 0 saturated carbocycles. The number of hydrogen-bond donors (Lipinski definition) is 2. The van der Waals surface area contributed by atoms with Gasteiger partial charge in [-0.05, 0) is 47.0 Å². The molecule has 3 nitrogen and oxygen atoms in total. The summed E-state index contributed by atoms with van der Waals surface area (Å²) in [6.45, 7) is 4.31. The van der Waals surface area contributed by atoms with Gasteiger partial charge < -0.3 is 15.2 Å². The molecule has 0 amide bonds. The molecule has 1 unspecified atom stereocenters. The predicted octanol–water partition coefficient (Wildman–Crippen LogP) is 2.88. The Labute approximate surface area is 111 Å². The van der Waals surface area contributed by atoms with Crippen molar-refractivity contribution in [2.45, 2.75) is 32.4 Å². The van der Waals surface area contributed by atoms with Gasteiger partial charge in [-0.25, -0.2) is 0 Å². The topological polar surface area (TPSA) is 41.5 Å². The monoisotopic (exact) mass is 301 g/mol. The number of aliphatic hydroxyl groups excluding tert-OH is 1. The van der Waals surface area contributed by atoms with Crippen LogP contribution in [0.4, 0.5) is 0 Å². The van der Waals surface area contributed by atoms with E-state index in [2.05, 4.69) is 35.1 Å². The maximum atomic E-state index is 9.17. The number of benzene rings is 1. The third kappa shape index (κ3) is 3.98. The molecule has 0 spiro atoms. The summed E-state index contributed by atoms with van der Waals surface area (Å²) in [6, 6.07) is 6.36. The highest BCUT2D eigenvalue weighted by Crippen LogP contribution is 2.28. The van der Waals surface area contributed by atoms with Crippen molar-refractivity contribution in [3.05, 3.63) is 28.2 Å². The first-order valence-electron chi connectivity index (χ1n) is 5.82. The van der Waals surface area contributed by atoms with E-state index in [0.717, 1.165) is 16.6 Å². The lowest BCUT2D eigenvalue weighted by molar-refractivity contribution is 0.230. The quantitative estimate of drug-likeness (QED) is 0.849. The average Bonchev–Trinajstić information content (AvgIpc) is 2.35. The molecule has 1 aromatic carbocycles. The van der Waals surface area contributed by atoms with Crippen molar-refractivity contribution < 1.29 is 9.84 Å². The van der Waals surface area contributed by atoms with E-state index in [-0.39, 0.29) is 18.7 Å². The Hall–Kier alpha value is -0.580. The molecule has 0 aliphatic heterocycles. The molecular weight excluding hydrogens is 282 g/mol. The summed E-state index contributed by atoms with van der Waals surface area (Å²) in [6.07, 6.45) is 0.915. The molecule has 0 radical (unpaired) electrons. The van der Waals surface area contributed by atoms with Crippen LogP contribution in [-0.2, 0) is 0 Å². The van der Waals surface area contributed by atoms with Gasteiger partial charge in [0.1, 0.15) is 5.75 Å². The molecule has 2 N–H and O–H groups in total. The zero-order valence-electron chi connectivity index (χ0n) is 10.5. The molecule has 96 valence electrons. The fraction of sp³-hybridized carbons (Fsp3) is 0.538. The van der Waals surface area contributed by atoms with E-state index in [1.165, 1.54) is 5.56 Å². The number of halogens is 1. The van der Waals surface area contributed by atoms with Crippen LogP contribution in [0.5, 0.6) is 5.75 Å². The zero-order chi connectivity index (χ0) is 12.8. The lowest BCUT2D eigenvalue weighted by Crippen LogP contribution is -2.33. The van der Waals surface area contributed by atoms with Crippen molar-refractivity contribution in [3.8, 4) is 5.75 Å². The van der Waals surface area contributed by atoms with E-state index >= 15 is 0 Å². The maximum Gasteiger partial charge on any atom is 0.133 e. The molecule has 17 heavy (non-hydrogen) atoms. The van der Waals surface area contributed by atoms with Crippen LogP contribution in [0.2, 0.25) is 0 Å². The van der Waals surface area contributed by atoms with E-state index in [1.807, 2.05) is 18.2 Å². The summed E-state index contributed by atoms with van der Waals surface area (Å²) in [5.41, 5.74) is 1.17. The second-order valence-electron chi connectivity index (χ2n) is 4.07. The Balaban J connectivity index is 2.75. The maximum absolute atomic E-state index is 9.17. The minimum absolute atomic E-state index is 0.144. The first-order valence-corrected chi connectivity index (χ1v) is 6.62. The van der Waals surface area contributed by atoms with Crippen LogP contribution in [0.3, 0.4) is 0 Å². The van der Waals surface area contributed by atoms with Crippen LogP contribution in [-0.4, -0.2) is 24.9 Å². The Kier molecular flexibility index (Phi) is 5.95. The first-order chi connectivity index (χ1) is 8.12. The van der Waals surface area contributed by atoms with Crippen LogP contribution < -0.4 is 10.1 Å². The summed E-state index contributed by atoms with van der Waals surface area (Å²) in [4.78, 5) is 0. The molecule has 2 atom stereocenters. The van der Waals surface area contributed by atoms with Gasteiger partial charge in [-0.3, -0.25) is 0 Å². The Morgan fingerprint density at radius 1 is 1.47 bits per heavy atom. The standard InChI is InChI=1S/C13H20BrNO2/c1-4-11(8-16)15-9(2)10-5-6-13(17-3)12(14)7-10/h5-7,9,11,15-16H,4,8H2,1-3H3/t9?,11-/m0/s1. The van der Waals surface area contributed by atoms with E-state index in [9.17, 15) is 0 Å². The van der Waals surface area contributed by atoms with Crippen LogP contribution in [0.15, 0.2) is 22.7 Å². The van der Waals surface area contributed by atoms with Crippen LogP contribution >= 0.6 is 15.9 Å². The highest BCUT2D eigenvalue weighted by Gasteiger charge is 2.12. The smallest absolute Gasteiger partial charge is 0.133 e. The van der Waals surface area contributed by atoms with Crippen LogP contribution in [0, 0.1) is 0 Å². The summed E-state index contributed by atoms with van der Waals surface area (Å²) >= 11 is 3.47. The van der Waals surface area contributed by atoms with Crippen molar-refractivity contribution in [1.82, 2.24) is 5.32 Å². The fourth-order valence-corrected chi connectivity index (χ4v) is 2.26. The van der Waals surface area contributed by atoms with Crippen molar-refractivity contribution in [1.29, 1.82) is 0 Å². The molecular formula is C13H20BrNO2. The second-order valence-corrected chi connectivity index (χ2v) is 4.92. The van der Waals surface area contributed by atoms with Crippen molar-refractivity contribution >= 4 is 15.9 Å². The first kappa shape index (κ1) is 14.5. The average molecular weight is 302 g/mol. The summed E-state index contributed by atoms with van der Waals surface area (Å²) in [5, 5.41) is 12.6. The summed E-state index contributed by atoms with van der Waals surface area (Å²) < 4.78 is 6.14. The van der Waals surface area contributed by atoms with Gasteiger partial charge in [0.2, 0.25) is 0 Å². The number of methoxy groups -OCH3 is 1. The van der Waals surface area contributed by atoms with Gasteiger partial charge in [-0.1, -0.05) is 13.0 Å². The Bertz CT molecular complexity index is 353. The van der Waals surface area contributed by atoms with Crippen molar-refractivity contribution in [2.75, 3.05) is 13.7 Å². The number of rotatable bonds is 6. The molecule has 0 heterocycles. The lowest BCUT2D eigenvalue weighted by atomic mass is 10.1. The number of aliphatic hydroxyl groups is 1. The highest BCUT2D eigenvalue weighted by molar-refractivity contribution is 9.10. The fourth-order valence-electron chi connectivity index (χ4n) is 1.70. The van der Waals surface area contributed by atoms with Gasteiger partial charge in [0.25, 0.3) is 0 Å². The molecule has 1 aromatic rings. The predicted molar refractivity (Wildman–Crippen MR) is 73.4 cm³/mol. The minimum atomic E-state index is 0.144. The lowest BCUT2D eigenvalue weighted by Gasteiger charge is -2.21. The molecule has 0 aliphatic rings. The number of hydrogen-bond acceptors (Lipinski definition) is 3. The Morgan fingerprint density at radius 3 is 2.65 bits per heavy atom. The van der Waals surface area contributed by atoms with E-state index < -0.39 is 0 Å². The minimum Gasteiger partial charge on any atom is -0.496 e. The number of ether oxygens (including phenoxy) is 1. The SMILES string of the molecule is CC[C@@H](CO)NC(C)c1ccc(OC)c(Br)c1. The van der Waals surface area contributed by atoms with E-state index in [1.54, 1.807) is 7.11 Å². The highest BCUT2D eigenvalue weighted by atomic mass is 79.9. The van der Waals surface area contributed by atoms with Gasteiger partial charge in [-0.2, -0.15) is 0 Å². The van der Waals surface area contributed by atoms with E-state index in [4.69, 9.17) is 9.84 Å². The molecule has 0 aliphatic carbocycles. The van der Waals surface area contributed by atoms with Crippen LogP contribution in [0.25, 0.3) is 0 Å². The van der Waals surface area contributed by atoms with Gasteiger partial charge >= 0.3 is 0 Å². The molecule has 1 rings (SSSR count). The zero-order valence-corrected chi connectivity index (χ0v) is 12.1. The molecule has 0 saturated heterocycles. The van der Waals surface area contributed by atoms with Gasteiger partial charge in [0.05, 0.1) is 18.2 Å². The molecule has 4 heteroatoms. The summed E-state index contributed by atoms with van der Waals surface area (Å²) in [5.74, 6) is 0.829. The molecule has 0 bridgehead atoms. The third-order valence-corrected chi connectivity index (χ3v) is 3.49. The third-order valence-electron chi connectivity index (χ3n) is 2.87. The summed E-state index contributed by atoms with van der Waals surface area (Å²) in [7, 11) is 1.65. The molecule has 0 aromatic heterocycles.